The molecule has 1 aromatic carbocycles. The van der Waals surface area contributed by atoms with Crippen LogP contribution in [0.15, 0.2) is 12.1 Å². The maximum Gasteiger partial charge on any atom is 0.153 e. The van der Waals surface area contributed by atoms with Gasteiger partial charge in [0, 0.05) is 5.02 Å². The van der Waals surface area contributed by atoms with Crippen molar-refractivity contribution in [3.8, 4) is 0 Å². The average molecular weight is 193 g/mol. The monoisotopic (exact) mass is 192 g/mol. The van der Waals surface area contributed by atoms with Gasteiger partial charge in [0.2, 0.25) is 0 Å². The van der Waals surface area contributed by atoms with E-state index in [9.17, 15) is 9.18 Å². The van der Waals surface area contributed by atoms with Crippen LogP contribution in [0.5, 0.6) is 0 Å². The van der Waals surface area contributed by atoms with E-state index in [-0.39, 0.29) is 15.6 Å². The molecule has 4 heteroatoms. The van der Waals surface area contributed by atoms with Crippen LogP contribution in [0, 0.1) is 5.82 Å². The number of halogens is 3. The Balaban J connectivity index is 3.35. The Hall–Kier alpha value is -0.600. The number of hydrogen-bond acceptors (Lipinski definition) is 1. The first-order chi connectivity index (χ1) is 5.15. The van der Waals surface area contributed by atoms with Crippen LogP contribution >= 0.6 is 23.2 Å². The highest BCUT2D eigenvalue weighted by molar-refractivity contribution is 6.35. The van der Waals surface area contributed by atoms with Crippen LogP contribution in [0.3, 0.4) is 0 Å². The molecule has 0 spiro atoms. The van der Waals surface area contributed by atoms with Crippen molar-refractivity contribution < 1.29 is 9.18 Å². The summed E-state index contributed by atoms with van der Waals surface area (Å²) in [6.45, 7) is 0. The summed E-state index contributed by atoms with van der Waals surface area (Å²) >= 11 is 10.9. The smallest absolute Gasteiger partial charge is 0.153 e. The van der Waals surface area contributed by atoms with Crippen LogP contribution in [-0.4, -0.2) is 6.29 Å². The second kappa shape index (κ2) is 3.20. The molecule has 0 radical (unpaired) electrons. The van der Waals surface area contributed by atoms with Crippen molar-refractivity contribution in [3.05, 3.63) is 33.6 Å². The average Bonchev–Trinajstić information content (AvgIpc) is 1.96. The number of aldehydes is 1. The van der Waals surface area contributed by atoms with E-state index in [4.69, 9.17) is 23.2 Å². The summed E-state index contributed by atoms with van der Waals surface area (Å²) in [7, 11) is 0. The second-order valence-corrected chi connectivity index (χ2v) is 2.75. The Morgan fingerprint density at radius 1 is 1.36 bits per heavy atom. The van der Waals surface area contributed by atoms with Crippen LogP contribution in [0.1, 0.15) is 10.4 Å². The van der Waals surface area contributed by atoms with Crippen molar-refractivity contribution in [3.63, 3.8) is 0 Å². The fourth-order valence-electron chi connectivity index (χ4n) is 0.662. The third kappa shape index (κ3) is 1.70. The minimum atomic E-state index is -0.730. The molecule has 0 saturated carbocycles. The quantitative estimate of drug-likeness (QED) is 0.494. The fourth-order valence-corrected chi connectivity index (χ4v) is 1.17. The molecule has 1 rings (SSSR count). The Labute approximate surface area is 72.7 Å². The minimum absolute atomic E-state index is 0.123. The topological polar surface area (TPSA) is 17.1 Å². The highest BCUT2D eigenvalue weighted by atomic mass is 35.5. The van der Waals surface area contributed by atoms with Crippen molar-refractivity contribution in [2.24, 2.45) is 0 Å². The molecule has 0 aliphatic heterocycles. The summed E-state index contributed by atoms with van der Waals surface area (Å²) in [5, 5.41) is 0.109. The lowest BCUT2D eigenvalue weighted by atomic mass is 10.2. The molecule has 0 bridgehead atoms. The van der Waals surface area contributed by atoms with Crippen LogP contribution in [0.4, 0.5) is 4.39 Å². The molecule has 1 aromatic rings. The van der Waals surface area contributed by atoms with Gasteiger partial charge in [0.25, 0.3) is 0 Å². The number of carbonyl (C=O) groups is 1. The molecular weight excluding hydrogens is 190 g/mol. The summed E-state index contributed by atoms with van der Waals surface area (Å²) in [6, 6.07) is 2.46. The SMILES string of the molecule is O=Cc1cc(Cl)cc(Cl)c1F. The van der Waals surface area contributed by atoms with Gasteiger partial charge in [-0.25, -0.2) is 4.39 Å². The van der Waals surface area contributed by atoms with E-state index in [1.54, 1.807) is 0 Å². The van der Waals surface area contributed by atoms with E-state index >= 15 is 0 Å². The van der Waals surface area contributed by atoms with E-state index in [1.807, 2.05) is 0 Å². The van der Waals surface area contributed by atoms with Gasteiger partial charge in [-0.3, -0.25) is 4.79 Å². The lowest BCUT2D eigenvalue weighted by molar-refractivity contribution is 0.112. The molecule has 0 aliphatic rings. The Bertz CT molecular complexity index is 299. The first-order valence-corrected chi connectivity index (χ1v) is 3.50. The zero-order valence-electron chi connectivity index (χ0n) is 5.27. The summed E-state index contributed by atoms with van der Waals surface area (Å²) < 4.78 is 12.8. The second-order valence-electron chi connectivity index (χ2n) is 1.91. The van der Waals surface area contributed by atoms with Crippen molar-refractivity contribution >= 4 is 29.5 Å². The first kappa shape index (κ1) is 8.50. The van der Waals surface area contributed by atoms with Crippen molar-refractivity contribution in [2.75, 3.05) is 0 Å². The van der Waals surface area contributed by atoms with Gasteiger partial charge < -0.3 is 0 Å². The number of benzene rings is 1. The molecule has 1 nitrogen and oxygen atoms in total. The molecule has 0 atom stereocenters. The largest absolute Gasteiger partial charge is 0.298 e. The molecule has 0 fully saturated rings. The van der Waals surface area contributed by atoms with Gasteiger partial charge in [0.05, 0.1) is 10.6 Å². The lowest BCUT2D eigenvalue weighted by Crippen LogP contribution is -1.87. The van der Waals surface area contributed by atoms with E-state index in [0.717, 1.165) is 0 Å². The van der Waals surface area contributed by atoms with E-state index < -0.39 is 5.82 Å². The molecule has 0 unspecified atom stereocenters. The highest BCUT2D eigenvalue weighted by Crippen LogP contribution is 2.22. The third-order valence-electron chi connectivity index (χ3n) is 1.15. The fraction of sp³-hybridized carbons (Fsp3) is 0. The van der Waals surface area contributed by atoms with Gasteiger partial charge in [-0.2, -0.15) is 0 Å². The molecular formula is C7H3Cl2FO. The minimum Gasteiger partial charge on any atom is -0.298 e. The van der Waals surface area contributed by atoms with Crippen molar-refractivity contribution in [1.29, 1.82) is 0 Å². The van der Waals surface area contributed by atoms with Gasteiger partial charge in [0.15, 0.2) is 12.1 Å². The third-order valence-corrected chi connectivity index (χ3v) is 1.64. The van der Waals surface area contributed by atoms with Gasteiger partial charge in [-0.1, -0.05) is 23.2 Å². The molecule has 58 valence electrons. The zero-order chi connectivity index (χ0) is 8.43. The van der Waals surface area contributed by atoms with Gasteiger partial charge >= 0.3 is 0 Å². The Morgan fingerprint density at radius 3 is 2.55 bits per heavy atom. The molecule has 0 saturated heterocycles. The summed E-state index contributed by atoms with van der Waals surface area (Å²) in [5.74, 6) is -0.730. The highest BCUT2D eigenvalue weighted by Gasteiger charge is 2.06. The van der Waals surface area contributed by atoms with Gasteiger partial charge in [0.1, 0.15) is 0 Å². The van der Waals surface area contributed by atoms with Crippen LogP contribution in [0.25, 0.3) is 0 Å². The normalized spacial score (nSPS) is 9.73. The molecule has 0 N–H and O–H groups in total. The summed E-state index contributed by atoms with van der Waals surface area (Å²) in [5.41, 5.74) is -0.123. The van der Waals surface area contributed by atoms with Crippen molar-refractivity contribution in [1.82, 2.24) is 0 Å². The van der Waals surface area contributed by atoms with Crippen LogP contribution in [-0.2, 0) is 0 Å². The van der Waals surface area contributed by atoms with Gasteiger partial charge in [-0.15, -0.1) is 0 Å². The Morgan fingerprint density at radius 2 is 2.00 bits per heavy atom. The molecule has 0 aromatic heterocycles. The van der Waals surface area contributed by atoms with E-state index in [2.05, 4.69) is 0 Å². The van der Waals surface area contributed by atoms with Gasteiger partial charge in [-0.05, 0) is 12.1 Å². The summed E-state index contributed by atoms with van der Waals surface area (Å²) in [4.78, 5) is 10.2. The van der Waals surface area contributed by atoms with E-state index in [1.165, 1.54) is 12.1 Å². The Kier molecular flexibility index (Phi) is 2.47. The zero-order valence-corrected chi connectivity index (χ0v) is 6.79. The standard InChI is InChI=1S/C7H3Cl2FO/c8-5-1-4(3-11)7(10)6(9)2-5/h1-3H. The molecule has 11 heavy (non-hydrogen) atoms. The van der Waals surface area contributed by atoms with Crippen molar-refractivity contribution in [2.45, 2.75) is 0 Å². The van der Waals surface area contributed by atoms with Crippen LogP contribution in [0.2, 0.25) is 10.0 Å². The maximum absolute atomic E-state index is 12.8. The predicted octanol–water partition coefficient (Wildman–Crippen LogP) is 2.95. The lowest BCUT2D eigenvalue weighted by Gasteiger charge is -1.97. The maximum atomic E-state index is 12.8. The van der Waals surface area contributed by atoms with Crippen LogP contribution < -0.4 is 0 Å². The molecule has 0 amide bonds. The van der Waals surface area contributed by atoms with E-state index in [0.29, 0.717) is 6.29 Å². The molecule has 0 heterocycles. The first-order valence-electron chi connectivity index (χ1n) is 2.75. The number of carbonyl (C=O) groups excluding carboxylic acids is 1. The summed E-state index contributed by atoms with van der Waals surface area (Å²) in [6.07, 6.45) is 0.368. The molecule has 0 aliphatic carbocycles. The number of rotatable bonds is 1. The predicted molar refractivity (Wildman–Crippen MR) is 41.8 cm³/mol. The number of hydrogen-bond donors (Lipinski definition) is 0.